The molecule has 0 spiro atoms. The van der Waals surface area contributed by atoms with E-state index >= 15 is 0 Å². The molecule has 0 radical (unpaired) electrons. The van der Waals surface area contributed by atoms with Crippen molar-refractivity contribution in [2.45, 2.75) is 31.7 Å². The van der Waals surface area contributed by atoms with E-state index in [1.807, 2.05) is 24.3 Å². The van der Waals surface area contributed by atoms with Gasteiger partial charge >= 0.3 is 0 Å². The van der Waals surface area contributed by atoms with Crippen molar-refractivity contribution >= 4 is 28.5 Å². The van der Waals surface area contributed by atoms with Crippen molar-refractivity contribution in [2.75, 3.05) is 0 Å². The molecule has 2 aliphatic carbocycles. The van der Waals surface area contributed by atoms with Gasteiger partial charge in [0, 0.05) is 15.2 Å². The third kappa shape index (κ3) is 2.34. The number of fused-ring (bicyclic) bond motifs is 2. The molecule has 17 heavy (non-hydrogen) atoms. The summed E-state index contributed by atoms with van der Waals surface area (Å²) in [5, 5.41) is 3.20. The molecular weight excluding hydrogens is 325 g/mol. The summed E-state index contributed by atoms with van der Waals surface area (Å²) in [5.41, 5.74) is 0.785. The normalized spacial score (nSPS) is 30.5. The summed E-state index contributed by atoms with van der Waals surface area (Å²) in [6, 6.07) is 8.21. The van der Waals surface area contributed by atoms with Crippen molar-refractivity contribution in [3.63, 3.8) is 0 Å². The van der Waals surface area contributed by atoms with Crippen molar-refractivity contribution in [3.05, 3.63) is 33.4 Å². The molecule has 1 N–H and O–H groups in total. The van der Waals surface area contributed by atoms with Gasteiger partial charge in [0.15, 0.2) is 0 Å². The first kappa shape index (κ1) is 11.5. The van der Waals surface area contributed by atoms with Crippen LogP contribution in [0.25, 0.3) is 0 Å². The zero-order valence-electron chi connectivity index (χ0n) is 9.66. The van der Waals surface area contributed by atoms with Crippen LogP contribution in [-0.2, 0) is 0 Å². The standard InChI is InChI=1S/C14H16INO/c15-12-5-3-10(4-6-12)14(17)16-13-8-9-1-2-11(13)7-9/h3-6,9,11,13H,1-2,7-8H2,(H,16,17). The number of nitrogens with one attached hydrogen (secondary N) is 1. The smallest absolute Gasteiger partial charge is 0.251 e. The molecule has 2 aliphatic rings. The van der Waals surface area contributed by atoms with Crippen molar-refractivity contribution in [2.24, 2.45) is 11.8 Å². The van der Waals surface area contributed by atoms with Gasteiger partial charge in [0.2, 0.25) is 0 Å². The van der Waals surface area contributed by atoms with Crippen LogP contribution in [0, 0.1) is 15.4 Å². The maximum atomic E-state index is 12.1. The average Bonchev–Trinajstić information content (AvgIpc) is 2.91. The van der Waals surface area contributed by atoms with Crippen LogP contribution in [0.1, 0.15) is 36.0 Å². The van der Waals surface area contributed by atoms with Gasteiger partial charge < -0.3 is 5.32 Å². The van der Waals surface area contributed by atoms with Crippen LogP contribution >= 0.6 is 22.6 Å². The molecule has 0 heterocycles. The minimum absolute atomic E-state index is 0.0963. The molecule has 1 amide bonds. The summed E-state index contributed by atoms with van der Waals surface area (Å²) in [6.07, 6.45) is 5.21. The first-order valence-electron chi connectivity index (χ1n) is 6.29. The molecule has 2 bridgehead atoms. The first-order valence-corrected chi connectivity index (χ1v) is 7.36. The van der Waals surface area contributed by atoms with Crippen molar-refractivity contribution in [1.82, 2.24) is 5.32 Å². The minimum Gasteiger partial charge on any atom is -0.349 e. The van der Waals surface area contributed by atoms with Gasteiger partial charge in [-0.2, -0.15) is 0 Å². The number of hydrogen-bond donors (Lipinski definition) is 1. The summed E-state index contributed by atoms with van der Waals surface area (Å²) in [6.45, 7) is 0. The summed E-state index contributed by atoms with van der Waals surface area (Å²) in [4.78, 5) is 12.1. The lowest BCUT2D eigenvalue weighted by atomic mass is 9.95. The van der Waals surface area contributed by atoms with Crippen molar-refractivity contribution in [3.8, 4) is 0 Å². The lowest BCUT2D eigenvalue weighted by Gasteiger charge is -2.22. The number of rotatable bonds is 2. The molecule has 0 aliphatic heterocycles. The lowest BCUT2D eigenvalue weighted by Crippen LogP contribution is -2.38. The maximum Gasteiger partial charge on any atom is 0.251 e. The highest BCUT2D eigenvalue weighted by atomic mass is 127. The highest BCUT2D eigenvalue weighted by Crippen LogP contribution is 2.44. The van der Waals surface area contributed by atoms with E-state index in [-0.39, 0.29) is 5.91 Å². The third-order valence-electron chi connectivity index (χ3n) is 4.16. The van der Waals surface area contributed by atoms with Crippen LogP contribution in [0.3, 0.4) is 0 Å². The topological polar surface area (TPSA) is 29.1 Å². The Kier molecular flexibility index (Phi) is 3.11. The number of carbonyl (C=O) groups excluding carboxylic acids is 1. The SMILES string of the molecule is O=C(NC1CC2CCC1C2)c1ccc(I)cc1. The monoisotopic (exact) mass is 341 g/mol. The predicted molar refractivity (Wildman–Crippen MR) is 75.9 cm³/mol. The largest absolute Gasteiger partial charge is 0.349 e. The molecule has 3 rings (SSSR count). The molecule has 3 atom stereocenters. The van der Waals surface area contributed by atoms with Crippen LogP contribution in [0.15, 0.2) is 24.3 Å². The third-order valence-corrected chi connectivity index (χ3v) is 4.88. The summed E-state index contributed by atoms with van der Waals surface area (Å²) < 4.78 is 1.17. The van der Waals surface area contributed by atoms with Crippen LogP contribution in [0.5, 0.6) is 0 Å². The zero-order chi connectivity index (χ0) is 11.8. The highest BCUT2D eigenvalue weighted by molar-refractivity contribution is 14.1. The van der Waals surface area contributed by atoms with E-state index in [4.69, 9.17) is 0 Å². The lowest BCUT2D eigenvalue weighted by molar-refractivity contribution is 0.0923. The second kappa shape index (κ2) is 4.59. The minimum atomic E-state index is 0.0963. The number of benzene rings is 1. The number of hydrogen-bond acceptors (Lipinski definition) is 1. The van der Waals surface area contributed by atoms with Gasteiger partial charge in [-0.1, -0.05) is 6.42 Å². The molecule has 2 saturated carbocycles. The molecule has 3 unspecified atom stereocenters. The van der Waals surface area contributed by atoms with E-state index in [9.17, 15) is 4.79 Å². The maximum absolute atomic E-state index is 12.1. The molecule has 0 aromatic heterocycles. The molecule has 1 aromatic carbocycles. The van der Waals surface area contributed by atoms with Crippen LogP contribution in [-0.4, -0.2) is 11.9 Å². The second-order valence-corrected chi connectivity index (χ2v) is 6.51. The number of amides is 1. The Bertz CT molecular complexity index is 428. The molecule has 1 aromatic rings. The highest BCUT2D eigenvalue weighted by Gasteiger charge is 2.40. The van der Waals surface area contributed by atoms with E-state index < -0.39 is 0 Å². The van der Waals surface area contributed by atoms with E-state index in [1.165, 1.54) is 29.3 Å². The fraction of sp³-hybridized carbons (Fsp3) is 0.500. The van der Waals surface area contributed by atoms with Gasteiger partial charge in [-0.15, -0.1) is 0 Å². The van der Waals surface area contributed by atoms with E-state index in [2.05, 4.69) is 27.9 Å². The second-order valence-electron chi connectivity index (χ2n) is 5.26. The first-order chi connectivity index (χ1) is 8.22. The molecular formula is C14H16INO. The summed E-state index contributed by atoms with van der Waals surface area (Å²) >= 11 is 2.25. The van der Waals surface area contributed by atoms with E-state index in [0.29, 0.717) is 6.04 Å². The van der Waals surface area contributed by atoms with E-state index in [0.717, 1.165) is 17.4 Å². The van der Waals surface area contributed by atoms with Crippen LogP contribution < -0.4 is 5.32 Å². The van der Waals surface area contributed by atoms with Crippen molar-refractivity contribution < 1.29 is 4.79 Å². The molecule has 0 saturated heterocycles. The molecule has 3 heteroatoms. The summed E-state index contributed by atoms with van der Waals surface area (Å²) in [7, 11) is 0. The van der Waals surface area contributed by atoms with Crippen LogP contribution in [0.4, 0.5) is 0 Å². The Morgan fingerprint density at radius 2 is 1.94 bits per heavy atom. The van der Waals surface area contributed by atoms with E-state index in [1.54, 1.807) is 0 Å². The van der Waals surface area contributed by atoms with Gasteiger partial charge in [0.25, 0.3) is 5.91 Å². The number of halogens is 1. The Balaban J connectivity index is 1.65. The molecule has 90 valence electrons. The predicted octanol–water partition coefficient (Wildman–Crippen LogP) is 3.21. The Labute approximate surface area is 115 Å². The fourth-order valence-electron chi connectivity index (χ4n) is 3.27. The van der Waals surface area contributed by atoms with Crippen LogP contribution in [0.2, 0.25) is 0 Å². The number of carbonyl (C=O) groups is 1. The van der Waals surface area contributed by atoms with Gasteiger partial charge in [-0.3, -0.25) is 4.79 Å². The van der Waals surface area contributed by atoms with Gasteiger partial charge in [0.05, 0.1) is 0 Å². The van der Waals surface area contributed by atoms with Gasteiger partial charge in [-0.05, 0) is 78.0 Å². The Morgan fingerprint density at radius 1 is 1.18 bits per heavy atom. The summed E-state index contributed by atoms with van der Waals surface area (Å²) in [5.74, 6) is 1.72. The van der Waals surface area contributed by atoms with Gasteiger partial charge in [-0.25, -0.2) is 0 Å². The fourth-order valence-corrected chi connectivity index (χ4v) is 3.63. The molecule has 2 nitrogen and oxygen atoms in total. The Hall–Kier alpha value is -0.580. The zero-order valence-corrected chi connectivity index (χ0v) is 11.8. The molecule has 2 fully saturated rings. The quantitative estimate of drug-likeness (QED) is 0.823. The van der Waals surface area contributed by atoms with Crippen molar-refractivity contribution in [1.29, 1.82) is 0 Å². The Morgan fingerprint density at radius 3 is 2.53 bits per heavy atom. The van der Waals surface area contributed by atoms with Gasteiger partial charge in [0.1, 0.15) is 0 Å². The average molecular weight is 341 g/mol.